The Bertz CT molecular complexity index is 1270. The van der Waals surface area contributed by atoms with Crippen molar-refractivity contribution in [1.29, 1.82) is 0 Å². The number of hydrogen-bond acceptors (Lipinski definition) is 5. The first kappa shape index (κ1) is 22.9. The van der Waals surface area contributed by atoms with Crippen LogP contribution < -0.4 is 15.6 Å². The SMILES string of the molecule is COc1c(=O)n(C2(C(F)F)CC2)cc2c(N[C@H](C)c3cccc(C(F)(F)F)c3)nc(C)nc12. The van der Waals surface area contributed by atoms with E-state index in [1.807, 2.05) is 0 Å². The average molecular weight is 468 g/mol. The molecule has 1 aliphatic carbocycles. The molecule has 0 unspecified atom stereocenters. The molecule has 0 aliphatic heterocycles. The van der Waals surface area contributed by atoms with E-state index in [9.17, 15) is 26.7 Å². The second kappa shape index (κ2) is 7.96. The Morgan fingerprint density at radius 3 is 2.48 bits per heavy atom. The normalized spacial score (nSPS) is 16.2. The summed E-state index contributed by atoms with van der Waals surface area (Å²) in [7, 11) is 1.25. The van der Waals surface area contributed by atoms with E-state index in [0.717, 1.165) is 16.7 Å². The van der Waals surface area contributed by atoms with Crippen molar-refractivity contribution in [2.24, 2.45) is 0 Å². The Balaban J connectivity index is 1.84. The number of nitrogens with zero attached hydrogens (tertiary/aromatic N) is 3. The summed E-state index contributed by atoms with van der Waals surface area (Å²) in [4.78, 5) is 21.5. The van der Waals surface area contributed by atoms with Crippen molar-refractivity contribution in [3.05, 3.63) is 57.8 Å². The maximum absolute atomic E-state index is 13.8. The van der Waals surface area contributed by atoms with Crippen molar-refractivity contribution in [2.45, 2.75) is 50.9 Å². The van der Waals surface area contributed by atoms with Gasteiger partial charge in [-0.15, -0.1) is 0 Å². The van der Waals surface area contributed by atoms with Crippen LogP contribution in [-0.4, -0.2) is 28.1 Å². The molecule has 1 atom stereocenters. The topological polar surface area (TPSA) is 69.0 Å². The minimum Gasteiger partial charge on any atom is -0.490 e. The number of ether oxygens (including phenoxy) is 1. The Hall–Kier alpha value is -3.24. The van der Waals surface area contributed by atoms with Gasteiger partial charge in [0.1, 0.15) is 22.7 Å². The lowest BCUT2D eigenvalue weighted by molar-refractivity contribution is -0.137. The quantitative estimate of drug-likeness (QED) is 0.513. The fraction of sp³-hybridized carbons (Fsp3) is 0.409. The minimum atomic E-state index is -4.49. The van der Waals surface area contributed by atoms with E-state index in [-0.39, 0.29) is 41.1 Å². The van der Waals surface area contributed by atoms with Crippen molar-refractivity contribution < 1.29 is 26.7 Å². The number of aryl methyl sites for hydroxylation is 1. The molecular weight excluding hydrogens is 447 g/mol. The van der Waals surface area contributed by atoms with Gasteiger partial charge in [0.25, 0.3) is 12.0 Å². The van der Waals surface area contributed by atoms with Crippen LogP contribution in [0.15, 0.2) is 35.3 Å². The zero-order valence-electron chi connectivity index (χ0n) is 18.0. The van der Waals surface area contributed by atoms with Crippen molar-refractivity contribution in [1.82, 2.24) is 14.5 Å². The number of hydrogen-bond donors (Lipinski definition) is 1. The summed E-state index contributed by atoms with van der Waals surface area (Å²) >= 11 is 0. The number of benzene rings is 1. The highest BCUT2D eigenvalue weighted by molar-refractivity contribution is 5.92. The molecule has 176 valence electrons. The molecule has 33 heavy (non-hydrogen) atoms. The third-order valence-corrected chi connectivity index (χ3v) is 5.86. The first-order valence-corrected chi connectivity index (χ1v) is 10.2. The second-order valence-electron chi connectivity index (χ2n) is 8.11. The molecule has 0 saturated heterocycles. The number of pyridine rings is 1. The van der Waals surface area contributed by atoms with Crippen LogP contribution in [-0.2, 0) is 11.7 Å². The van der Waals surface area contributed by atoms with Gasteiger partial charge in [-0.3, -0.25) is 9.36 Å². The maximum atomic E-state index is 13.8. The molecule has 0 spiro atoms. The number of rotatable bonds is 6. The first-order chi connectivity index (χ1) is 15.5. The highest BCUT2D eigenvalue weighted by Crippen LogP contribution is 2.48. The highest BCUT2D eigenvalue weighted by Gasteiger charge is 2.54. The van der Waals surface area contributed by atoms with Crippen LogP contribution in [0, 0.1) is 6.92 Å². The summed E-state index contributed by atoms with van der Waals surface area (Å²) in [5, 5.41) is 3.30. The molecule has 1 saturated carbocycles. The molecule has 2 heterocycles. The van der Waals surface area contributed by atoms with Crippen LogP contribution in [0.4, 0.5) is 27.8 Å². The van der Waals surface area contributed by atoms with E-state index in [2.05, 4.69) is 15.3 Å². The van der Waals surface area contributed by atoms with E-state index in [0.29, 0.717) is 5.56 Å². The average Bonchev–Trinajstić information content (AvgIpc) is 3.55. The molecule has 3 aromatic rings. The van der Waals surface area contributed by atoms with Gasteiger partial charge in [0.2, 0.25) is 5.75 Å². The van der Waals surface area contributed by atoms with Crippen LogP contribution in [0.3, 0.4) is 0 Å². The molecule has 4 rings (SSSR count). The van der Waals surface area contributed by atoms with E-state index in [1.165, 1.54) is 25.4 Å². The Morgan fingerprint density at radius 1 is 1.21 bits per heavy atom. The number of alkyl halides is 5. The first-order valence-electron chi connectivity index (χ1n) is 10.2. The predicted molar refractivity (Wildman–Crippen MR) is 112 cm³/mol. The minimum absolute atomic E-state index is 0.134. The molecule has 0 radical (unpaired) electrons. The number of anilines is 1. The van der Waals surface area contributed by atoms with Gasteiger partial charge in [0.15, 0.2) is 0 Å². The monoisotopic (exact) mass is 468 g/mol. The number of nitrogens with one attached hydrogen (secondary N) is 1. The molecule has 0 amide bonds. The summed E-state index contributed by atoms with van der Waals surface area (Å²) in [5.41, 5.74) is -2.65. The fourth-order valence-electron chi connectivity index (χ4n) is 3.86. The van der Waals surface area contributed by atoms with E-state index in [1.54, 1.807) is 13.8 Å². The van der Waals surface area contributed by atoms with Gasteiger partial charge >= 0.3 is 6.18 Å². The molecule has 11 heteroatoms. The molecule has 6 nitrogen and oxygen atoms in total. The van der Waals surface area contributed by atoms with Gasteiger partial charge in [0.05, 0.1) is 18.1 Å². The van der Waals surface area contributed by atoms with E-state index in [4.69, 9.17) is 4.74 Å². The number of halogens is 5. The molecule has 2 aromatic heterocycles. The van der Waals surface area contributed by atoms with Crippen LogP contribution in [0.25, 0.3) is 10.9 Å². The Morgan fingerprint density at radius 2 is 1.91 bits per heavy atom. The molecule has 1 fully saturated rings. The van der Waals surface area contributed by atoms with Crippen LogP contribution >= 0.6 is 0 Å². The summed E-state index contributed by atoms with van der Waals surface area (Å²) in [5.74, 6) is 0.269. The lowest BCUT2D eigenvalue weighted by atomic mass is 10.0. The zero-order valence-corrected chi connectivity index (χ0v) is 18.0. The van der Waals surface area contributed by atoms with Gasteiger partial charge in [0, 0.05) is 12.2 Å². The summed E-state index contributed by atoms with van der Waals surface area (Å²) in [6, 6.07) is 4.22. The van der Waals surface area contributed by atoms with E-state index < -0.39 is 35.3 Å². The van der Waals surface area contributed by atoms with Crippen molar-refractivity contribution in [2.75, 3.05) is 12.4 Å². The van der Waals surface area contributed by atoms with Crippen molar-refractivity contribution in [3.63, 3.8) is 0 Å². The largest absolute Gasteiger partial charge is 0.490 e. The third kappa shape index (κ3) is 4.00. The highest BCUT2D eigenvalue weighted by atomic mass is 19.4. The number of fused-ring (bicyclic) bond motifs is 1. The number of methoxy groups -OCH3 is 1. The zero-order chi connectivity index (χ0) is 24.1. The van der Waals surface area contributed by atoms with Gasteiger partial charge in [-0.2, -0.15) is 13.2 Å². The summed E-state index contributed by atoms with van der Waals surface area (Å²) in [6.07, 6.45) is -5.71. The Kier molecular flexibility index (Phi) is 5.53. The van der Waals surface area contributed by atoms with Gasteiger partial charge in [-0.05, 0) is 44.4 Å². The van der Waals surface area contributed by atoms with Gasteiger partial charge in [-0.1, -0.05) is 12.1 Å². The number of aromatic nitrogens is 3. The van der Waals surface area contributed by atoms with E-state index >= 15 is 0 Å². The molecule has 1 aromatic carbocycles. The molecule has 0 bridgehead atoms. The summed E-state index contributed by atoms with van der Waals surface area (Å²) in [6.45, 7) is 3.22. The van der Waals surface area contributed by atoms with Crippen LogP contribution in [0.1, 0.15) is 42.8 Å². The summed E-state index contributed by atoms with van der Waals surface area (Å²) < 4.78 is 73.1. The van der Waals surface area contributed by atoms with Gasteiger partial charge in [-0.25, -0.2) is 18.7 Å². The lowest BCUT2D eigenvalue weighted by Gasteiger charge is -2.22. The molecule has 1 N–H and O–H groups in total. The van der Waals surface area contributed by atoms with Crippen molar-refractivity contribution >= 4 is 16.7 Å². The maximum Gasteiger partial charge on any atom is 0.416 e. The van der Waals surface area contributed by atoms with Crippen LogP contribution in [0.2, 0.25) is 0 Å². The van der Waals surface area contributed by atoms with Crippen molar-refractivity contribution in [3.8, 4) is 5.75 Å². The Labute approximate surface area is 185 Å². The smallest absolute Gasteiger partial charge is 0.416 e. The standard InChI is InChI=1S/C22H21F5N4O2/c1-11(13-5-4-6-14(9-13)22(25,26)27)28-18-15-10-31(21(7-8-21)20(23)24)19(32)17(33-3)16(15)29-12(2)30-18/h4-6,9-11,20H,7-8H2,1-3H3,(H,28,29,30)/t11-/m1/s1. The third-order valence-electron chi connectivity index (χ3n) is 5.86. The van der Waals surface area contributed by atoms with Gasteiger partial charge < -0.3 is 10.1 Å². The fourth-order valence-corrected chi connectivity index (χ4v) is 3.86. The lowest BCUT2D eigenvalue weighted by Crippen LogP contribution is -2.36. The molecule has 1 aliphatic rings. The predicted octanol–water partition coefficient (Wildman–Crippen LogP) is 5.05. The van der Waals surface area contributed by atoms with Crippen LogP contribution in [0.5, 0.6) is 5.75 Å². The second-order valence-corrected chi connectivity index (χ2v) is 8.11. The molecular formula is C22H21F5N4O2.